The number of rotatable bonds is 5. The Kier molecular flexibility index (Phi) is 5.68. The predicted molar refractivity (Wildman–Crippen MR) is 96.8 cm³/mol. The monoisotopic (exact) mass is 395 g/mol. The van der Waals surface area contributed by atoms with Crippen LogP contribution >= 0.6 is 23.4 Å². The Labute approximate surface area is 158 Å². The molecule has 2 aromatic carbocycles. The first-order chi connectivity index (χ1) is 12.5. The molecule has 3 rings (SSSR count). The van der Waals surface area contributed by atoms with E-state index in [0.717, 1.165) is 0 Å². The molecule has 0 spiro atoms. The number of carboxylic acids is 1. The number of halogens is 2. The SMILES string of the molecule is O=C(O)C1CSC(c2ccc(F)cc2)N1C(=O)COc1ccc(Cl)cc1. The minimum atomic E-state index is -1.08. The average Bonchev–Trinajstić information content (AvgIpc) is 3.07. The molecule has 0 radical (unpaired) electrons. The van der Waals surface area contributed by atoms with Gasteiger partial charge in [-0.2, -0.15) is 0 Å². The highest BCUT2D eigenvalue weighted by molar-refractivity contribution is 7.99. The lowest BCUT2D eigenvalue weighted by atomic mass is 10.1. The van der Waals surface area contributed by atoms with Crippen molar-refractivity contribution in [2.75, 3.05) is 12.4 Å². The van der Waals surface area contributed by atoms with Gasteiger partial charge in [0.05, 0.1) is 0 Å². The molecule has 8 heteroatoms. The van der Waals surface area contributed by atoms with Crippen LogP contribution in [0.15, 0.2) is 48.5 Å². The van der Waals surface area contributed by atoms with Gasteiger partial charge in [-0.3, -0.25) is 4.79 Å². The zero-order valence-electron chi connectivity index (χ0n) is 13.5. The van der Waals surface area contributed by atoms with Crippen LogP contribution in [-0.4, -0.2) is 40.3 Å². The Morgan fingerprint density at radius 3 is 2.46 bits per heavy atom. The Morgan fingerprint density at radius 2 is 1.85 bits per heavy atom. The fourth-order valence-electron chi connectivity index (χ4n) is 2.64. The summed E-state index contributed by atoms with van der Waals surface area (Å²) in [5, 5.41) is 9.48. The summed E-state index contributed by atoms with van der Waals surface area (Å²) >= 11 is 7.13. The Balaban J connectivity index is 1.76. The molecule has 1 aliphatic rings. The van der Waals surface area contributed by atoms with Gasteiger partial charge in [0.1, 0.15) is 23.0 Å². The third-order valence-corrected chi connectivity index (χ3v) is 5.48. The summed E-state index contributed by atoms with van der Waals surface area (Å²) < 4.78 is 18.6. The molecule has 1 amide bonds. The van der Waals surface area contributed by atoms with Crippen molar-refractivity contribution in [1.82, 2.24) is 4.90 Å². The largest absolute Gasteiger partial charge is 0.484 e. The van der Waals surface area contributed by atoms with Crippen LogP contribution in [0.2, 0.25) is 5.02 Å². The van der Waals surface area contributed by atoms with Crippen molar-refractivity contribution in [2.24, 2.45) is 0 Å². The molecular formula is C18H15ClFNO4S. The van der Waals surface area contributed by atoms with E-state index in [9.17, 15) is 19.1 Å². The fraction of sp³-hybridized carbons (Fsp3) is 0.222. The van der Waals surface area contributed by atoms with Crippen molar-refractivity contribution in [2.45, 2.75) is 11.4 Å². The van der Waals surface area contributed by atoms with Crippen LogP contribution in [0.3, 0.4) is 0 Å². The molecule has 1 fully saturated rings. The van der Waals surface area contributed by atoms with E-state index in [4.69, 9.17) is 16.3 Å². The van der Waals surface area contributed by atoms with E-state index in [-0.39, 0.29) is 12.4 Å². The van der Waals surface area contributed by atoms with Crippen molar-refractivity contribution in [3.63, 3.8) is 0 Å². The number of benzene rings is 2. The molecule has 5 nitrogen and oxygen atoms in total. The van der Waals surface area contributed by atoms with E-state index in [1.165, 1.54) is 28.8 Å². The van der Waals surface area contributed by atoms with Gasteiger partial charge in [-0.25, -0.2) is 9.18 Å². The highest BCUT2D eigenvalue weighted by Gasteiger charge is 2.42. The van der Waals surface area contributed by atoms with Crippen molar-refractivity contribution < 1.29 is 23.8 Å². The predicted octanol–water partition coefficient (Wildman–Crippen LogP) is 3.59. The molecule has 0 saturated carbocycles. The molecule has 26 heavy (non-hydrogen) atoms. The minimum absolute atomic E-state index is 0.254. The molecule has 0 bridgehead atoms. The number of thioether (sulfide) groups is 1. The van der Waals surface area contributed by atoms with Gasteiger partial charge in [0.15, 0.2) is 6.61 Å². The minimum Gasteiger partial charge on any atom is -0.484 e. The van der Waals surface area contributed by atoms with E-state index >= 15 is 0 Å². The van der Waals surface area contributed by atoms with E-state index in [0.29, 0.717) is 16.3 Å². The number of carbonyl (C=O) groups excluding carboxylic acids is 1. The second kappa shape index (κ2) is 7.97. The van der Waals surface area contributed by atoms with Gasteiger partial charge in [-0.1, -0.05) is 23.7 Å². The summed E-state index contributed by atoms with van der Waals surface area (Å²) in [6.45, 7) is -0.302. The van der Waals surface area contributed by atoms with Crippen LogP contribution in [0.1, 0.15) is 10.9 Å². The fourth-order valence-corrected chi connectivity index (χ4v) is 4.20. The van der Waals surface area contributed by atoms with Crippen molar-refractivity contribution in [3.05, 3.63) is 64.9 Å². The van der Waals surface area contributed by atoms with Crippen molar-refractivity contribution in [3.8, 4) is 5.75 Å². The number of carboxylic acid groups (broad SMARTS) is 1. The lowest BCUT2D eigenvalue weighted by molar-refractivity contribution is -0.150. The average molecular weight is 396 g/mol. The highest BCUT2D eigenvalue weighted by Crippen LogP contribution is 2.41. The number of carbonyl (C=O) groups is 2. The van der Waals surface area contributed by atoms with Crippen molar-refractivity contribution in [1.29, 1.82) is 0 Å². The summed E-state index contributed by atoms with van der Waals surface area (Å²) in [4.78, 5) is 25.5. The third kappa shape index (κ3) is 4.11. The molecule has 1 N–H and O–H groups in total. The van der Waals surface area contributed by atoms with Crippen LogP contribution < -0.4 is 4.74 Å². The molecule has 136 valence electrons. The first-order valence-corrected chi connectivity index (χ1v) is 9.18. The highest BCUT2D eigenvalue weighted by atomic mass is 35.5. The Bertz CT molecular complexity index is 800. The zero-order chi connectivity index (χ0) is 18.7. The van der Waals surface area contributed by atoms with Gasteiger partial charge >= 0.3 is 5.97 Å². The van der Waals surface area contributed by atoms with E-state index in [2.05, 4.69) is 0 Å². The molecular weight excluding hydrogens is 381 g/mol. The molecule has 1 aliphatic heterocycles. The first kappa shape index (κ1) is 18.5. The molecule has 0 aromatic heterocycles. The van der Waals surface area contributed by atoms with Gasteiger partial charge in [0.2, 0.25) is 0 Å². The van der Waals surface area contributed by atoms with Gasteiger partial charge in [0.25, 0.3) is 5.91 Å². The zero-order valence-corrected chi connectivity index (χ0v) is 15.0. The van der Waals surface area contributed by atoms with Crippen LogP contribution in [0.25, 0.3) is 0 Å². The molecule has 2 aromatic rings. The van der Waals surface area contributed by atoms with Crippen molar-refractivity contribution >= 4 is 35.2 Å². The third-order valence-electron chi connectivity index (χ3n) is 3.90. The second-order valence-electron chi connectivity index (χ2n) is 5.63. The second-order valence-corrected chi connectivity index (χ2v) is 7.18. The normalized spacial score (nSPS) is 19.4. The smallest absolute Gasteiger partial charge is 0.327 e. The number of hydrogen-bond donors (Lipinski definition) is 1. The summed E-state index contributed by atoms with van der Waals surface area (Å²) in [5.41, 5.74) is 0.667. The van der Waals surface area contributed by atoms with Gasteiger partial charge in [0, 0.05) is 10.8 Å². The Hall–Kier alpha value is -2.25. The topological polar surface area (TPSA) is 66.8 Å². The summed E-state index contributed by atoms with van der Waals surface area (Å²) in [6.07, 6.45) is 0. The Morgan fingerprint density at radius 1 is 1.19 bits per heavy atom. The van der Waals surface area contributed by atoms with Gasteiger partial charge < -0.3 is 14.7 Å². The molecule has 0 aliphatic carbocycles. The molecule has 2 unspecified atom stereocenters. The van der Waals surface area contributed by atoms with Gasteiger partial charge in [-0.15, -0.1) is 11.8 Å². The summed E-state index contributed by atoms with van der Waals surface area (Å²) in [7, 11) is 0. The van der Waals surface area contributed by atoms with Gasteiger partial charge in [-0.05, 0) is 42.0 Å². The van der Waals surface area contributed by atoms with Crippen LogP contribution in [0.4, 0.5) is 4.39 Å². The lowest BCUT2D eigenvalue weighted by Gasteiger charge is -2.27. The standard InChI is InChI=1S/C18H15ClFNO4S/c19-12-3-7-14(8-4-12)25-9-16(22)21-15(18(23)24)10-26-17(21)11-1-5-13(20)6-2-11/h1-8,15,17H,9-10H2,(H,23,24). The maximum absolute atomic E-state index is 13.2. The molecule has 2 atom stereocenters. The van der Waals surface area contributed by atoms with E-state index < -0.39 is 29.1 Å². The number of ether oxygens (including phenoxy) is 1. The lowest BCUT2D eigenvalue weighted by Crippen LogP contribution is -2.45. The summed E-state index contributed by atoms with van der Waals surface area (Å²) in [5.74, 6) is -1.21. The number of hydrogen-bond acceptors (Lipinski definition) is 4. The van der Waals surface area contributed by atoms with E-state index in [1.54, 1.807) is 36.4 Å². The molecule has 1 saturated heterocycles. The maximum atomic E-state index is 13.2. The number of amides is 1. The maximum Gasteiger partial charge on any atom is 0.327 e. The number of aliphatic carboxylic acids is 1. The molecule has 1 heterocycles. The summed E-state index contributed by atoms with van der Waals surface area (Å²) in [6, 6.07) is 11.2. The quantitative estimate of drug-likeness (QED) is 0.838. The van der Waals surface area contributed by atoms with Crippen LogP contribution in [-0.2, 0) is 9.59 Å². The van der Waals surface area contributed by atoms with Crippen LogP contribution in [0, 0.1) is 5.82 Å². The number of nitrogens with zero attached hydrogens (tertiary/aromatic N) is 1. The first-order valence-electron chi connectivity index (χ1n) is 7.75. The van der Waals surface area contributed by atoms with Crippen LogP contribution in [0.5, 0.6) is 5.75 Å². The van der Waals surface area contributed by atoms with E-state index in [1.807, 2.05) is 0 Å².